The van der Waals surface area contributed by atoms with Crippen LogP contribution in [-0.2, 0) is 4.74 Å². The van der Waals surface area contributed by atoms with Crippen molar-refractivity contribution in [2.24, 2.45) is 0 Å². The molecule has 1 aromatic carbocycles. The third-order valence-corrected chi connectivity index (χ3v) is 2.24. The maximum atomic E-state index is 10.8. The van der Waals surface area contributed by atoms with Gasteiger partial charge >= 0.3 is 5.88 Å². The first-order valence-corrected chi connectivity index (χ1v) is 5.02. The molecule has 0 amide bonds. The van der Waals surface area contributed by atoms with Crippen LogP contribution in [0.1, 0.15) is 12.5 Å². The van der Waals surface area contributed by atoms with E-state index in [1.807, 2.05) is 0 Å². The molecule has 8 heteroatoms. The van der Waals surface area contributed by atoms with Crippen LogP contribution in [0.4, 0.5) is 5.69 Å². The van der Waals surface area contributed by atoms with Gasteiger partial charge in [0, 0.05) is 6.07 Å². The summed E-state index contributed by atoms with van der Waals surface area (Å²) in [5.74, 6) is -0.163. The molecule has 0 aliphatic carbocycles. The van der Waals surface area contributed by atoms with Crippen LogP contribution in [-0.4, -0.2) is 16.5 Å². The van der Waals surface area contributed by atoms with E-state index >= 15 is 0 Å². The van der Waals surface area contributed by atoms with Crippen molar-refractivity contribution in [1.82, 2.24) is 0 Å². The molecule has 1 aromatic rings. The van der Waals surface area contributed by atoms with Crippen molar-refractivity contribution in [3.63, 3.8) is 0 Å². The van der Waals surface area contributed by atoms with Gasteiger partial charge in [0.2, 0.25) is 0 Å². The van der Waals surface area contributed by atoms with Crippen LogP contribution in [0.3, 0.4) is 0 Å². The Bertz CT molecular complexity index is 565. The zero-order valence-corrected chi connectivity index (χ0v) is 9.28. The Morgan fingerprint density at radius 3 is 2.50 bits per heavy atom. The first kappa shape index (κ1) is 11.8. The summed E-state index contributed by atoms with van der Waals surface area (Å²) in [7, 11) is 0. The molecular weight excluding hydrogens is 244 g/mol. The van der Waals surface area contributed by atoms with Crippen LogP contribution in [0.5, 0.6) is 5.75 Å². The number of benzene rings is 1. The number of nitro benzene ring substituents is 1. The summed E-state index contributed by atoms with van der Waals surface area (Å²) in [6.45, 7) is 2.15. The van der Waals surface area contributed by atoms with E-state index < -0.39 is 15.7 Å². The van der Waals surface area contributed by atoms with Crippen molar-refractivity contribution >= 4 is 11.4 Å². The van der Waals surface area contributed by atoms with Gasteiger partial charge < -0.3 is 9.47 Å². The van der Waals surface area contributed by atoms with Crippen molar-refractivity contribution < 1.29 is 19.3 Å². The fourth-order valence-electron chi connectivity index (χ4n) is 1.47. The molecule has 0 N–H and O–H groups in total. The molecule has 8 nitrogen and oxygen atoms in total. The number of ether oxygens (including phenoxy) is 2. The Morgan fingerprint density at radius 2 is 2.00 bits per heavy atom. The molecule has 94 valence electrons. The van der Waals surface area contributed by atoms with E-state index in [1.165, 1.54) is 18.2 Å². The van der Waals surface area contributed by atoms with Crippen molar-refractivity contribution in [2.45, 2.75) is 6.92 Å². The van der Waals surface area contributed by atoms with E-state index in [2.05, 4.69) is 4.74 Å². The molecule has 0 unspecified atom stereocenters. The molecule has 0 radical (unpaired) electrons. The molecule has 0 fully saturated rings. The van der Waals surface area contributed by atoms with E-state index in [0.717, 1.165) is 0 Å². The zero-order valence-electron chi connectivity index (χ0n) is 9.28. The van der Waals surface area contributed by atoms with Crippen molar-refractivity contribution in [3.8, 4) is 5.75 Å². The van der Waals surface area contributed by atoms with E-state index in [1.54, 1.807) is 6.92 Å². The minimum Gasteiger partial charge on any atom is -0.494 e. The highest BCUT2D eigenvalue weighted by molar-refractivity contribution is 5.76. The fourth-order valence-corrected chi connectivity index (χ4v) is 1.47. The molecule has 0 saturated heterocycles. The fraction of sp³-hybridized carbons (Fsp3) is 0.200. The van der Waals surface area contributed by atoms with E-state index in [9.17, 15) is 20.2 Å². The lowest BCUT2D eigenvalue weighted by Gasteiger charge is -2.03. The quantitative estimate of drug-likeness (QED) is 0.585. The molecule has 0 aromatic heterocycles. The SMILES string of the molecule is CCOc1ccc([N+](=O)[O-])c(C2=C([N+](=O)[O-])O2)c1. The molecule has 2 rings (SSSR count). The average Bonchev–Trinajstić information content (AvgIpc) is 3.08. The summed E-state index contributed by atoms with van der Waals surface area (Å²) in [6, 6.07) is 4.01. The maximum Gasteiger partial charge on any atom is 0.478 e. The van der Waals surface area contributed by atoms with Crippen LogP contribution in [0, 0.1) is 20.2 Å². The van der Waals surface area contributed by atoms with Crippen LogP contribution in [0.25, 0.3) is 5.76 Å². The van der Waals surface area contributed by atoms with Gasteiger partial charge in [0.15, 0.2) is 0 Å². The second-order valence-corrected chi connectivity index (χ2v) is 3.36. The molecule has 18 heavy (non-hydrogen) atoms. The van der Waals surface area contributed by atoms with Gasteiger partial charge in [-0.1, -0.05) is 0 Å². The molecular formula is C10H8N2O6. The summed E-state index contributed by atoms with van der Waals surface area (Å²) in [5, 5.41) is 21.3. The molecule has 1 heterocycles. The lowest BCUT2D eigenvalue weighted by atomic mass is 10.1. The predicted octanol–water partition coefficient (Wildman–Crippen LogP) is 1.93. The van der Waals surface area contributed by atoms with Gasteiger partial charge in [-0.15, -0.1) is 0 Å². The Morgan fingerprint density at radius 1 is 1.28 bits per heavy atom. The second kappa shape index (κ2) is 4.32. The van der Waals surface area contributed by atoms with Gasteiger partial charge in [0.25, 0.3) is 11.4 Å². The first-order valence-electron chi connectivity index (χ1n) is 5.02. The van der Waals surface area contributed by atoms with Crippen LogP contribution in [0.15, 0.2) is 24.1 Å². The standard InChI is InChI=1S/C10H8N2O6/c1-2-17-6-3-4-8(11(13)14)7(5-6)9-10(18-9)12(15)16/h3-5H,2H2,1H3. The highest BCUT2D eigenvalue weighted by atomic mass is 16.7. The minimum absolute atomic E-state index is 0.0534. The molecule has 0 bridgehead atoms. The monoisotopic (exact) mass is 252 g/mol. The maximum absolute atomic E-state index is 10.8. The topological polar surface area (TPSA) is 108 Å². The number of nitrogens with zero attached hydrogens (tertiary/aromatic N) is 2. The van der Waals surface area contributed by atoms with E-state index in [4.69, 9.17) is 4.74 Å². The van der Waals surface area contributed by atoms with Crippen molar-refractivity contribution in [1.29, 1.82) is 0 Å². The Labute approximate surface area is 101 Å². The number of rotatable bonds is 5. The summed E-state index contributed by atoms with van der Waals surface area (Å²) in [5.41, 5.74) is -0.206. The lowest BCUT2D eigenvalue weighted by molar-refractivity contribution is -0.437. The van der Waals surface area contributed by atoms with Gasteiger partial charge in [-0.3, -0.25) is 20.2 Å². The summed E-state index contributed by atoms with van der Waals surface area (Å²) < 4.78 is 9.85. The van der Waals surface area contributed by atoms with Gasteiger partial charge in [0.05, 0.1) is 11.5 Å². The predicted molar refractivity (Wildman–Crippen MR) is 59.3 cm³/mol. The first-order chi connectivity index (χ1) is 8.54. The third kappa shape index (κ3) is 2.08. The molecule has 0 saturated carbocycles. The Kier molecular flexibility index (Phi) is 2.84. The van der Waals surface area contributed by atoms with Gasteiger partial charge in [-0.25, -0.2) is 0 Å². The molecule has 1 aliphatic heterocycles. The largest absolute Gasteiger partial charge is 0.494 e. The highest BCUT2D eigenvalue weighted by Gasteiger charge is 2.43. The van der Waals surface area contributed by atoms with Crippen LogP contribution >= 0.6 is 0 Å². The second-order valence-electron chi connectivity index (χ2n) is 3.36. The smallest absolute Gasteiger partial charge is 0.478 e. The van der Waals surface area contributed by atoms with Gasteiger partial charge in [-0.05, 0) is 19.1 Å². The number of nitro groups is 2. The normalized spacial score (nSPS) is 12.9. The zero-order chi connectivity index (χ0) is 13.3. The Balaban J connectivity index is 2.46. The molecule has 0 atom stereocenters. The highest BCUT2D eigenvalue weighted by Crippen LogP contribution is 2.41. The molecule has 1 aliphatic rings. The summed E-state index contributed by atoms with van der Waals surface area (Å²) in [4.78, 5) is 19.9. The van der Waals surface area contributed by atoms with E-state index in [-0.39, 0.29) is 17.0 Å². The number of hydrogen-bond donors (Lipinski definition) is 0. The third-order valence-electron chi connectivity index (χ3n) is 2.24. The summed E-state index contributed by atoms with van der Waals surface area (Å²) >= 11 is 0. The van der Waals surface area contributed by atoms with Crippen molar-refractivity contribution in [2.75, 3.05) is 6.61 Å². The van der Waals surface area contributed by atoms with Gasteiger partial charge in [0.1, 0.15) is 16.2 Å². The number of hydrogen-bond acceptors (Lipinski definition) is 6. The lowest BCUT2D eigenvalue weighted by Crippen LogP contribution is -1.96. The Hall–Kier alpha value is -2.64. The van der Waals surface area contributed by atoms with Crippen LogP contribution in [0.2, 0.25) is 0 Å². The summed E-state index contributed by atoms with van der Waals surface area (Å²) in [6.07, 6.45) is 0. The van der Waals surface area contributed by atoms with E-state index in [0.29, 0.717) is 12.4 Å². The molecule has 0 spiro atoms. The average molecular weight is 252 g/mol. The van der Waals surface area contributed by atoms with Crippen LogP contribution < -0.4 is 4.74 Å². The minimum atomic E-state index is -0.730. The van der Waals surface area contributed by atoms with Gasteiger partial charge in [-0.2, -0.15) is 0 Å². The van der Waals surface area contributed by atoms with Crippen molar-refractivity contribution in [3.05, 3.63) is 49.9 Å².